The van der Waals surface area contributed by atoms with E-state index in [1.165, 1.54) is 27.1 Å². The third-order valence-corrected chi connectivity index (χ3v) is 7.68. The fourth-order valence-corrected chi connectivity index (χ4v) is 5.31. The number of thioether (sulfide) groups is 1. The number of aromatic nitrogens is 2. The molecule has 180 valence electrons. The zero-order chi connectivity index (χ0) is 24.1. The van der Waals surface area contributed by atoms with Gasteiger partial charge in [-0.2, -0.15) is 0 Å². The molecule has 0 aliphatic carbocycles. The standard InChI is InChI=1S/C29H29ClN2O2S/c1-22-2-6-24(7-3-22)25-8-12-28(13-9-25)35-19-27-18-33-29(34-27,20-32-17-16-31-21-32)15-14-23-4-10-26(30)11-5-23/h2-13,16-17,21,27H,14-15,18-20H2,1H3. The summed E-state index contributed by atoms with van der Waals surface area (Å²) in [5, 5.41) is 0.749. The number of nitrogens with zero attached hydrogens (tertiary/aromatic N) is 2. The summed E-state index contributed by atoms with van der Waals surface area (Å²) in [6, 6.07) is 25.4. The van der Waals surface area contributed by atoms with E-state index in [9.17, 15) is 0 Å². The molecular weight excluding hydrogens is 476 g/mol. The van der Waals surface area contributed by atoms with E-state index in [2.05, 4.69) is 72.6 Å². The SMILES string of the molecule is Cc1ccc(-c2ccc(SCC3COC(CCc4ccc(Cl)cc4)(Cn4ccnc4)O3)cc2)cc1. The highest BCUT2D eigenvalue weighted by Gasteiger charge is 2.41. The van der Waals surface area contributed by atoms with Gasteiger partial charge >= 0.3 is 0 Å². The summed E-state index contributed by atoms with van der Waals surface area (Å²) < 4.78 is 14.9. The highest BCUT2D eigenvalue weighted by atomic mass is 35.5. The molecule has 0 radical (unpaired) electrons. The van der Waals surface area contributed by atoms with Gasteiger partial charge in [-0.25, -0.2) is 4.98 Å². The van der Waals surface area contributed by atoms with Gasteiger partial charge in [0.25, 0.3) is 0 Å². The molecule has 2 heterocycles. The van der Waals surface area contributed by atoms with Crippen LogP contribution in [-0.2, 0) is 22.4 Å². The second-order valence-corrected chi connectivity index (χ2v) is 10.6. The average Bonchev–Trinajstić information content (AvgIpc) is 3.54. The molecule has 2 unspecified atom stereocenters. The summed E-state index contributed by atoms with van der Waals surface area (Å²) in [6.07, 6.45) is 7.20. The van der Waals surface area contributed by atoms with E-state index in [1.807, 2.05) is 41.0 Å². The summed E-state index contributed by atoms with van der Waals surface area (Å²) in [5.41, 5.74) is 4.97. The predicted octanol–water partition coefficient (Wildman–Crippen LogP) is 7.05. The first-order valence-electron chi connectivity index (χ1n) is 11.9. The molecule has 0 spiro atoms. The zero-order valence-electron chi connectivity index (χ0n) is 19.8. The van der Waals surface area contributed by atoms with Crippen molar-refractivity contribution in [3.63, 3.8) is 0 Å². The van der Waals surface area contributed by atoms with Crippen molar-refractivity contribution in [2.75, 3.05) is 12.4 Å². The Morgan fingerprint density at radius 3 is 2.40 bits per heavy atom. The van der Waals surface area contributed by atoms with Crippen molar-refractivity contribution in [1.29, 1.82) is 0 Å². The van der Waals surface area contributed by atoms with Gasteiger partial charge in [-0.05, 0) is 54.3 Å². The van der Waals surface area contributed by atoms with Gasteiger partial charge in [-0.3, -0.25) is 0 Å². The molecule has 5 rings (SSSR count). The smallest absolute Gasteiger partial charge is 0.187 e. The van der Waals surface area contributed by atoms with Crippen molar-refractivity contribution in [3.8, 4) is 11.1 Å². The van der Waals surface area contributed by atoms with E-state index in [0.717, 1.165) is 23.6 Å². The van der Waals surface area contributed by atoms with Gasteiger partial charge in [-0.15, -0.1) is 11.8 Å². The van der Waals surface area contributed by atoms with Gasteiger partial charge < -0.3 is 14.0 Å². The van der Waals surface area contributed by atoms with Crippen LogP contribution in [0.5, 0.6) is 0 Å². The van der Waals surface area contributed by atoms with E-state index >= 15 is 0 Å². The maximum Gasteiger partial charge on any atom is 0.187 e. The molecule has 0 amide bonds. The first-order chi connectivity index (χ1) is 17.1. The molecule has 2 atom stereocenters. The Bertz CT molecular complexity index is 1210. The highest BCUT2D eigenvalue weighted by Crippen LogP contribution is 2.34. The minimum absolute atomic E-state index is 0.0329. The van der Waals surface area contributed by atoms with Crippen molar-refractivity contribution in [1.82, 2.24) is 9.55 Å². The van der Waals surface area contributed by atoms with Gasteiger partial charge in [0.15, 0.2) is 5.79 Å². The number of imidazole rings is 1. The molecule has 6 heteroatoms. The summed E-state index contributed by atoms with van der Waals surface area (Å²) in [4.78, 5) is 5.42. The van der Waals surface area contributed by atoms with Crippen LogP contribution in [0, 0.1) is 6.92 Å². The Morgan fingerprint density at radius 1 is 1.00 bits per heavy atom. The number of aryl methyl sites for hydroxylation is 2. The first-order valence-corrected chi connectivity index (χ1v) is 13.3. The van der Waals surface area contributed by atoms with Crippen LogP contribution in [0.15, 0.2) is 96.4 Å². The maximum atomic E-state index is 6.58. The lowest BCUT2D eigenvalue weighted by Gasteiger charge is -2.28. The number of rotatable bonds is 9. The quantitative estimate of drug-likeness (QED) is 0.229. The maximum absolute atomic E-state index is 6.58. The van der Waals surface area contributed by atoms with Crippen LogP contribution >= 0.6 is 23.4 Å². The minimum atomic E-state index is -0.666. The van der Waals surface area contributed by atoms with Crippen LogP contribution in [0.3, 0.4) is 0 Å². The van der Waals surface area contributed by atoms with E-state index in [1.54, 1.807) is 6.20 Å². The fraction of sp³-hybridized carbons (Fsp3) is 0.276. The fourth-order valence-electron chi connectivity index (χ4n) is 4.31. The average molecular weight is 505 g/mol. The van der Waals surface area contributed by atoms with Crippen LogP contribution in [-0.4, -0.2) is 33.8 Å². The van der Waals surface area contributed by atoms with Crippen LogP contribution in [0.4, 0.5) is 0 Å². The molecule has 4 nitrogen and oxygen atoms in total. The summed E-state index contributed by atoms with van der Waals surface area (Å²) in [7, 11) is 0. The Morgan fingerprint density at radius 2 is 1.71 bits per heavy atom. The second-order valence-electron chi connectivity index (χ2n) is 9.02. The summed E-state index contributed by atoms with van der Waals surface area (Å²) >= 11 is 7.86. The molecule has 0 bridgehead atoms. The zero-order valence-corrected chi connectivity index (χ0v) is 21.3. The predicted molar refractivity (Wildman–Crippen MR) is 143 cm³/mol. The lowest BCUT2D eigenvalue weighted by molar-refractivity contribution is -0.180. The molecule has 1 fully saturated rings. The first kappa shape index (κ1) is 24.1. The number of hydrogen-bond acceptors (Lipinski definition) is 4. The van der Waals surface area contributed by atoms with E-state index < -0.39 is 5.79 Å². The Kier molecular flexibility index (Phi) is 7.59. The van der Waals surface area contributed by atoms with Crippen LogP contribution in [0.25, 0.3) is 11.1 Å². The molecule has 0 N–H and O–H groups in total. The second kappa shape index (κ2) is 11.0. The molecule has 1 saturated heterocycles. The van der Waals surface area contributed by atoms with Crippen molar-refractivity contribution < 1.29 is 9.47 Å². The summed E-state index contributed by atoms with van der Waals surface area (Å²) in [6.45, 7) is 3.32. The van der Waals surface area contributed by atoms with Gasteiger partial charge in [0.1, 0.15) is 0 Å². The van der Waals surface area contributed by atoms with Gasteiger partial charge in [0, 0.05) is 34.5 Å². The van der Waals surface area contributed by atoms with Crippen molar-refractivity contribution in [3.05, 3.63) is 108 Å². The number of benzene rings is 3. The molecular formula is C29H29ClN2O2S. The summed E-state index contributed by atoms with van der Waals surface area (Å²) in [5.74, 6) is 0.178. The monoisotopic (exact) mass is 504 g/mol. The minimum Gasteiger partial charge on any atom is -0.345 e. The Hall–Kier alpha value is -2.57. The van der Waals surface area contributed by atoms with E-state index in [4.69, 9.17) is 21.1 Å². The van der Waals surface area contributed by atoms with Crippen LogP contribution in [0.1, 0.15) is 17.5 Å². The van der Waals surface area contributed by atoms with Crippen molar-refractivity contribution >= 4 is 23.4 Å². The van der Waals surface area contributed by atoms with E-state index in [-0.39, 0.29) is 6.10 Å². The Balaban J connectivity index is 1.20. The third-order valence-electron chi connectivity index (χ3n) is 6.28. The van der Waals surface area contributed by atoms with Gasteiger partial charge in [0.2, 0.25) is 0 Å². The molecule has 0 saturated carbocycles. The van der Waals surface area contributed by atoms with Gasteiger partial charge in [0.05, 0.1) is 25.6 Å². The molecule has 1 aromatic heterocycles. The number of ether oxygens (including phenoxy) is 2. The molecule has 3 aromatic carbocycles. The van der Waals surface area contributed by atoms with Crippen molar-refractivity contribution in [2.24, 2.45) is 0 Å². The molecule has 1 aliphatic heterocycles. The number of halogens is 1. The molecule has 1 aliphatic rings. The normalized spacial score (nSPS) is 19.8. The largest absolute Gasteiger partial charge is 0.345 e. The molecule has 4 aromatic rings. The Labute approximate surface area is 216 Å². The number of hydrogen-bond donors (Lipinski definition) is 0. The van der Waals surface area contributed by atoms with Crippen LogP contribution in [0.2, 0.25) is 5.02 Å². The lowest BCUT2D eigenvalue weighted by atomic mass is 10.0. The molecule has 35 heavy (non-hydrogen) atoms. The van der Waals surface area contributed by atoms with Crippen LogP contribution < -0.4 is 0 Å². The van der Waals surface area contributed by atoms with Crippen molar-refractivity contribution in [2.45, 2.75) is 43.1 Å². The third kappa shape index (κ3) is 6.36. The highest BCUT2D eigenvalue weighted by molar-refractivity contribution is 7.99. The van der Waals surface area contributed by atoms with Gasteiger partial charge in [-0.1, -0.05) is 65.7 Å². The van der Waals surface area contributed by atoms with E-state index in [0.29, 0.717) is 13.2 Å². The topological polar surface area (TPSA) is 36.3 Å². The lowest BCUT2D eigenvalue weighted by Crippen LogP contribution is -2.37.